The number of rotatable bonds is 9. The summed E-state index contributed by atoms with van der Waals surface area (Å²) in [6.45, 7) is 13.6. The highest BCUT2D eigenvalue weighted by Gasteiger charge is 2.55. The number of hydrogen-bond donors (Lipinski definition) is 2. The molecular weight excluding hydrogens is 650 g/mol. The highest BCUT2D eigenvalue weighted by atomic mass is 35.5. The van der Waals surface area contributed by atoms with Crippen molar-refractivity contribution in [3.8, 4) is 5.75 Å². The summed E-state index contributed by atoms with van der Waals surface area (Å²) >= 11 is 6.52. The van der Waals surface area contributed by atoms with Crippen molar-refractivity contribution in [3.63, 3.8) is 0 Å². The molecule has 2 saturated heterocycles. The van der Waals surface area contributed by atoms with Crippen LogP contribution in [0.25, 0.3) is 10.9 Å². The maximum atomic E-state index is 12.8. The van der Waals surface area contributed by atoms with Crippen LogP contribution in [0.1, 0.15) is 60.3 Å². The number of halogens is 1. The van der Waals surface area contributed by atoms with E-state index in [4.69, 9.17) is 35.6 Å². The minimum absolute atomic E-state index is 0.133. The second-order valence-corrected chi connectivity index (χ2v) is 14.3. The smallest absolute Gasteiger partial charge is 0.410 e. The highest BCUT2D eigenvalue weighted by molar-refractivity contribution is 6.32. The third-order valence-electron chi connectivity index (χ3n) is 8.92. The third kappa shape index (κ3) is 8.56. The monoisotopic (exact) mass is 697 g/mol. The molecule has 4 heterocycles. The molecule has 3 aromatic rings. The molecule has 3 fully saturated rings. The summed E-state index contributed by atoms with van der Waals surface area (Å²) in [5, 5.41) is 6.90. The minimum Gasteiger partial charge on any atom is -0.488 e. The van der Waals surface area contributed by atoms with E-state index in [2.05, 4.69) is 20.5 Å². The van der Waals surface area contributed by atoms with Crippen molar-refractivity contribution in [3.05, 3.63) is 45.8 Å². The molecular formula is C35H48ClN7O6. The molecule has 1 saturated carbocycles. The molecule has 6 rings (SSSR count). The van der Waals surface area contributed by atoms with E-state index in [1.807, 2.05) is 52.8 Å². The molecule has 266 valence electrons. The van der Waals surface area contributed by atoms with Gasteiger partial charge in [-0.15, -0.1) is 0 Å². The Labute approximate surface area is 292 Å². The van der Waals surface area contributed by atoms with Gasteiger partial charge in [-0.3, -0.25) is 9.59 Å². The predicted molar refractivity (Wildman–Crippen MR) is 190 cm³/mol. The van der Waals surface area contributed by atoms with Crippen molar-refractivity contribution in [1.29, 1.82) is 0 Å². The molecule has 14 heteroatoms. The minimum atomic E-state index is -0.468. The lowest BCUT2D eigenvalue weighted by molar-refractivity contribution is -0.167. The average molecular weight is 698 g/mol. The molecule has 1 aliphatic carbocycles. The van der Waals surface area contributed by atoms with Gasteiger partial charge in [0.1, 0.15) is 10.6 Å². The van der Waals surface area contributed by atoms with Crippen molar-refractivity contribution in [1.82, 2.24) is 24.8 Å². The lowest BCUT2D eigenvalue weighted by Crippen LogP contribution is -2.66. The number of aromatic nitrogens is 3. The van der Waals surface area contributed by atoms with Gasteiger partial charge in [-0.1, -0.05) is 11.6 Å². The Hall–Kier alpha value is -4.10. The van der Waals surface area contributed by atoms with Crippen LogP contribution in [-0.2, 0) is 20.8 Å². The summed E-state index contributed by atoms with van der Waals surface area (Å²) in [5.74, 6) is 1.48. The van der Waals surface area contributed by atoms with Gasteiger partial charge in [-0.05, 0) is 84.6 Å². The highest BCUT2D eigenvalue weighted by Crippen LogP contribution is 2.50. The number of amides is 2. The maximum Gasteiger partial charge on any atom is 0.410 e. The Morgan fingerprint density at radius 2 is 1.82 bits per heavy atom. The van der Waals surface area contributed by atoms with Gasteiger partial charge in [0.2, 0.25) is 12.4 Å². The number of nitrogens with zero attached hydrogens (tertiary/aromatic N) is 5. The number of ether oxygens (including phenoxy) is 3. The van der Waals surface area contributed by atoms with Gasteiger partial charge in [-0.2, -0.15) is 4.98 Å². The van der Waals surface area contributed by atoms with Crippen LogP contribution in [0.4, 0.5) is 22.2 Å². The van der Waals surface area contributed by atoms with Crippen LogP contribution in [0.2, 0.25) is 5.02 Å². The number of pyridine rings is 1. The summed E-state index contributed by atoms with van der Waals surface area (Å²) in [7, 11) is 1.56. The number of carbonyl (C=O) groups is 2. The summed E-state index contributed by atoms with van der Waals surface area (Å²) in [5.41, 5.74) is 1.23. The molecule has 0 unspecified atom stereocenters. The fourth-order valence-corrected chi connectivity index (χ4v) is 6.83. The Morgan fingerprint density at radius 3 is 2.43 bits per heavy atom. The lowest BCUT2D eigenvalue weighted by atomic mass is 9.62. The van der Waals surface area contributed by atoms with Crippen LogP contribution < -0.4 is 25.8 Å². The van der Waals surface area contributed by atoms with E-state index in [9.17, 15) is 9.59 Å². The molecule has 0 radical (unpaired) electrons. The van der Waals surface area contributed by atoms with Gasteiger partial charge < -0.3 is 39.2 Å². The molecule has 2 N–H and O–H groups in total. The normalized spacial score (nSPS) is 17.4. The third-order valence-corrected chi connectivity index (χ3v) is 9.20. The summed E-state index contributed by atoms with van der Waals surface area (Å²) in [4.78, 5) is 47.4. The van der Waals surface area contributed by atoms with Crippen LogP contribution in [0.5, 0.6) is 5.75 Å². The molecule has 2 amide bonds. The van der Waals surface area contributed by atoms with E-state index >= 15 is 0 Å². The fourth-order valence-electron chi connectivity index (χ4n) is 6.69. The Morgan fingerprint density at radius 1 is 1.12 bits per heavy atom. The second kappa shape index (κ2) is 15.2. The fraction of sp³-hybridized carbons (Fsp3) is 0.571. The first-order valence-electron chi connectivity index (χ1n) is 17.0. The first-order valence-corrected chi connectivity index (χ1v) is 17.3. The lowest BCUT2D eigenvalue weighted by Gasteiger charge is -2.58. The number of piperidine rings is 1. The topological polar surface area (TPSA) is 140 Å². The van der Waals surface area contributed by atoms with Crippen LogP contribution in [0, 0.1) is 5.41 Å². The molecule has 49 heavy (non-hydrogen) atoms. The first-order chi connectivity index (χ1) is 23.4. The van der Waals surface area contributed by atoms with Gasteiger partial charge in [0, 0.05) is 56.3 Å². The Balaban J connectivity index is 0.00000111. The number of anilines is 3. The summed E-state index contributed by atoms with van der Waals surface area (Å²) in [6.07, 6.45) is 6.29. The summed E-state index contributed by atoms with van der Waals surface area (Å²) < 4.78 is 19.3. The van der Waals surface area contributed by atoms with E-state index in [1.54, 1.807) is 28.8 Å². The molecule has 3 aliphatic rings. The van der Waals surface area contributed by atoms with E-state index in [1.165, 1.54) is 0 Å². The Kier molecular flexibility index (Phi) is 11.2. The van der Waals surface area contributed by atoms with E-state index in [0.717, 1.165) is 68.5 Å². The number of fused-ring (bicyclic) bond motifs is 1. The molecule has 13 nitrogen and oxygen atoms in total. The predicted octanol–water partition coefficient (Wildman–Crippen LogP) is 5.35. The van der Waals surface area contributed by atoms with E-state index in [-0.39, 0.29) is 29.3 Å². The second-order valence-electron chi connectivity index (χ2n) is 13.9. The standard InChI is InChI=1S/C33H43ClN6O5.C2H5NO/c1-6-40-26-9-8-22(14-21(26)15-27(29(40)41)43-7-2)36-28-25(34)18-35-30(37-28)38-12-10-23(11-13-38)44-24-16-33(17-24)19-39(20-33)31(42)45-32(3,4)5;1-3-2-4/h8-9,14-15,18,23-24H,6-7,10-13,16-17,19-20H2,1-5H3,(H,35,36,37);2H,1H3,(H,3,4). The van der Waals surface area contributed by atoms with Crippen molar-refractivity contribution < 1.29 is 23.8 Å². The quantitative estimate of drug-likeness (QED) is 0.281. The van der Waals surface area contributed by atoms with Gasteiger partial charge >= 0.3 is 6.09 Å². The zero-order valence-electron chi connectivity index (χ0n) is 29.3. The molecule has 0 atom stereocenters. The van der Waals surface area contributed by atoms with E-state index in [0.29, 0.717) is 42.1 Å². The van der Waals surface area contributed by atoms with Crippen LogP contribution in [0.3, 0.4) is 0 Å². The SMILES string of the molecule is CCOc1cc2cc(Nc3nc(N4CCC(OC5CC6(C5)CN(C(=O)OC(C)(C)C)C6)CC4)ncc3Cl)ccc2n(CC)c1=O.CNC=O. The average Bonchev–Trinajstić information content (AvgIpc) is 3.03. The van der Waals surface area contributed by atoms with Crippen molar-refractivity contribution in [2.24, 2.45) is 5.41 Å². The number of aryl methyl sites for hydroxylation is 1. The maximum absolute atomic E-state index is 12.8. The van der Waals surface area contributed by atoms with Crippen LogP contribution >= 0.6 is 11.6 Å². The molecule has 2 aromatic heterocycles. The van der Waals surface area contributed by atoms with Gasteiger partial charge in [0.05, 0.1) is 30.5 Å². The molecule has 1 aromatic carbocycles. The zero-order chi connectivity index (χ0) is 35.3. The van der Waals surface area contributed by atoms with Gasteiger partial charge in [0.15, 0.2) is 11.6 Å². The van der Waals surface area contributed by atoms with Crippen LogP contribution in [-0.4, -0.2) is 89.6 Å². The zero-order valence-corrected chi connectivity index (χ0v) is 30.0. The molecule has 1 spiro atoms. The number of hydrogen-bond acceptors (Lipinski definition) is 10. The number of nitrogens with one attached hydrogen (secondary N) is 2. The first kappa shape index (κ1) is 36.2. The van der Waals surface area contributed by atoms with E-state index < -0.39 is 5.60 Å². The van der Waals surface area contributed by atoms with Crippen molar-refractivity contribution in [2.75, 3.05) is 50.1 Å². The largest absolute Gasteiger partial charge is 0.488 e. The number of likely N-dealkylation sites (tertiary alicyclic amines) is 1. The van der Waals surface area contributed by atoms with Gasteiger partial charge in [-0.25, -0.2) is 9.78 Å². The van der Waals surface area contributed by atoms with Crippen molar-refractivity contribution in [2.45, 2.75) is 84.7 Å². The number of benzene rings is 1. The molecule has 2 aliphatic heterocycles. The number of carbonyl (C=O) groups excluding carboxylic acids is 2. The summed E-state index contributed by atoms with van der Waals surface area (Å²) in [6, 6.07) is 7.59. The van der Waals surface area contributed by atoms with Crippen molar-refractivity contribution >= 4 is 52.5 Å². The van der Waals surface area contributed by atoms with Crippen LogP contribution in [0.15, 0.2) is 35.3 Å². The molecule has 0 bridgehead atoms. The Bertz CT molecular complexity index is 1690. The van der Waals surface area contributed by atoms with Gasteiger partial charge in [0.25, 0.3) is 5.56 Å².